The number of rotatable bonds is 3. The Morgan fingerprint density at radius 1 is 1.33 bits per heavy atom. The van der Waals surface area contributed by atoms with Gasteiger partial charge in [-0.15, -0.1) is 5.10 Å². The van der Waals surface area contributed by atoms with Gasteiger partial charge >= 0.3 is 0 Å². The molecule has 3 aromatic rings. The lowest BCUT2D eigenvalue weighted by Crippen LogP contribution is -2.38. The van der Waals surface area contributed by atoms with Gasteiger partial charge in [0.2, 0.25) is 0 Å². The van der Waals surface area contributed by atoms with Gasteiger partial charge in [-0.3, -0.25) is 4.98 Å². The van der Waals surface area contributed by atoms with Crippen molar-refractivity contribution in [1.82, 2.24) is 20.0 Å². The van der Waals surface area contributed by atoms with Gasteiger partial charge in [0.15, 0.2) is 0 Å². The Balaban J connectivity index is 1.70. The SMILES string of the molecule is N#Cc1cnc2ccccc2c1N1CCC(O)(Cn2ccnn2)C1. The molecule has 1 aliphatic rings. The molecule has 2 aromatic heterocycles. The fourth-order valence-corrected chi connectivity index (χ4v) is 3.34. The number of benzene rings is 1. The molecule has 7 heteroatoms. The van der Waals surface area contributed by atoms with Gasteiger partial charge in [0.25, 0.3) is 0 Å². The zero-order valence-electron chi connectivity index (χ0n) is 13.0. The maximum atomic E-state index is 10.9. The molecule has 0 aliphatic carbocycles. The maximum absolute atomic E-state index is 10.9. The Hall–Kier alpha value is -2.98. The maximum Gasteiger partial charge on any atom is 0.103 e. The average molecular weight is 320 g/mol. The molecule has 0 bridgehead atoms. The smallest absolute Gasteiger partial charge is 0.103 e. The van der Waals surface area contributed by atoms with Crippen molar-refractivity contribution in [3.05, 3.63) is 48.4 Å². The van der Waals surface area contributed by atoms with Gasteiger partial charge in [-0.2, -0.15) is 5.26 Å². The van der Waals surface area contributed by atoms with Crippen molar-refractivity contribution in [2.24, 2.45) is 0 Å². The molecule has 1 N–H and O–H groups in total. The zero-order chi connectivity index (χ0) is 16.6. The van der Waals surface area contributed by atoms with Crippen LogP contribution >= 0.6 is 0 Å². The highest BCUT2D eigenvalue weighted by Gasteiger charge is 2.38. The number of para-hydroxylation sites is 1. The summed E-state index contributed by atoms with van der Waals surface area (Å²) in [5.41, 5.74) is 1.32. The Labute approximate surface area is 138 Å². The molecule has 7 nitrogen and oxygen atoms in total. The van der Waals surface area contributed by atoms with E-state index >= 15 is 0 Å². The largest absolute Gasteiger partial charge is 0.386 e. The highest BCUT2D eigenvalue weighted by Crippen LogP contribution is 2.34. The second-order valence-electron chi connectivity index (χ2n) is 6.15. The predicted molar refractivity (Wildman–Crippen MR) is 88.3 cm³/mol. The minimum Gasteiger partial charge on any atom is -0.386 e. The molecule has 4 rings (SSSR count). The molecule has 24 heavy (non-hydrogen) atoms. The van der Waals surface area contributed by atoms with E-state index in [1.54, 1.807) is 23.3 Å². The summed E-state index contributed by atoms with van der Waals surface area (Å²) in [5.74, 6) is 0. The predicted octanol–water partition coefficient (Wildman–Crippen LogP) is 1.34. The Bertz CT molecular complexity index is 916. The quantitative estimate of drug-likeness (QED) is 0.783. The van der Waals surface area contributed by atoms with E-state index in [0.717, 1.165) is 16.6 Å². The molecule has 1 fully saturated rings. The van der Waals surface area contributed by atoms with Crippen LogP contribution in [-0.2, 0) is 6.54 Å². The summed E-state index contributed by atoms with van der Waals surface area (Å²) in [7, 11) is 0. The Morgan fingerprint density at radius 3 is 3.00 bits per heavy atom. The minimum absolute atomic E-state index is 0.383. The first-order valence-corrected chi connectivity index (χ1v) is 7.78. The van der Waals surface area contributed by atoms with E-state index in [1.165, 1.54) is 0 Å². The summed E-state index contributed by atoms with van der Waals surface area (Å²) < 4.78 is 1.64. The molecule has 1 atom stereocenters. The second-order valence-corrected chi connectivity index (χ2v) is 6.15. The van der Waals surface area contributed by atoms with Crippen molar-refractivity contribution >= 4 is 16.6 Å². The summed E-state index contributed by atoms with van der Waals surface area (Å²) in [6.07, 6.45) is 5.55. The van der Waals surface area contributed by atoms with Gasteiger partial charge in [0.1, 0.15) is 11.7 Å². The number of aromatic nitrogens is 4. The normalized spacial score (nSPS) is 20.4. The first kappa shape index (κ1) is 14.6. The van der Waals surface area contributed by atoms with Crippen molar-refractivity contribution in [2.75, 3.05) is 18.0 Å². The second kappa shape index (κ2) is 5.58. The first-order valence-electron chi connectivity index (χ1n) is 7.78. The third kappa shape index (κ3) is 2.47. The lowest BCUT2D eigenvalue weighted by Gasteiger charge is -2.25. The third-order valence-corrected chi connectivity index (χ3v) is 4.44. The molecule has 3 heterocycles. The summed E-state index contributed by atoms with van der Waals surface area (Å²) in [4.78, 5) is 6.42. The fourth-order valence-electron chi connectivity index (χ4n) is 3.34. The third-order valence-electron chi connectivity index (χ3n) is 4.44. The minimum atomic E-state index is -0.898. The lowest BCUT2D eigenvalue weighted by atomic mass is 10.0. The lowest BCUT2D eigenvalue weighted by molar-refractivity contribution is 0.0409. The number of hydrogen-bond donors (Lipinski definition) is 1. The monoisotopic (exact) mass is 320 g/mol. The Morgan fingerprint density at radius 2 is 2.21 bits per heavy atom. The van der Waals surface area contributed by atoms with Crippen LogP contribution in [0.25, 0.3) is 10.9 Å². The van der Waals surface area contributed by atoms with E-state index in [1.807, 2.05) is 24.3 Å². The van der Waals surface area contributed by atoms with Gasteiger partial charge in [0, 0.05) is 30.9 Å². The molecule has 120 valence electrons. The average Bonchev–Trinajstić information content (AvgIpc) is 3.23. The molecule has 0 spiro atoms. The van der Waals surface area contributed by atoms with E-state index in [0.29, 0.717) is 31.6 Å². The van der Waals surface area contributed by atoms with E-state index in [9.17, 15) is 10.4 Å². The van der Waals surface area contributed by atoms with Crippen LogP contribution in [0.15, 0.2) is 42.9 Å². The molecule has 1 unspecified atom stereocenters. The van der Waals surface area contributed by atoms with Crippen LogP contribution in [0.1, 0.15) is 12.0 Å². The number of β-amino-alcohol motifs (C(OH)–C–C–N with tert-alkyl or cyclic N) is 1. The summed E-state index contributed by atoms with van der Waals surface area (Å²) >= 11 is 0. The standard InChI is InChI=1S/C17H16N6O/c18-9-13-10-19-15-4-2-1-3-14(15)16(13)22-7-5-17(24,11-22)12-23-8-6-20-21-23/h1-4,6,8,10,24H,5,7,11-12H2. The fraction of sp³-hybridized carbons (Fsp3) is 0.294. The van der Waals surface area contributed by atoms with Crippen LogP contribution in [0, 0.1) is 11.3 Å². The van der Waals surface area contributed by atoms with Gasteiger partial charge in [-0.1, -0.05) is 23.4 Å². The van der Waals surface area contributed by atoms with Crippen molar-refractivity contribution in [2.45, 2.75) is 18.6 Å². The summed E-state index contributed by atoms with van der Waals surface area (Å²) in [6.45, 7) is 1.50. The molecule has 1 aliphatic heterocycles. The molecule has 0 amide bonds. The zero-order valence-corrected chi connectivity index (χ0v) is 13.0. The van der Waals surface area contributed by atoms with Crippen LogP contribution in [-0.4, -0.2) is 43.8 Å². The number of anilines is 1. The van der Waals surface area contributed by atoms with Crippen LogP contribution in [0.4, 0.5) is 5.69 Å². The van der Waals surface area contributed by atoms with E-state index < -0.39 is 5.60 Å². The van der Waals surface area contributed by atoms with E-state index in [2.05, 4.69) is 26.3 Å². The van der Waals surface area contributed by atoms with Crippen LogP contribution in [0.5, 0.6) is 0 Å². The number of nitrogens with zero attached hydrogens (tertiary/aromatic N) is 6. The topological polar surface area (TPSA) is 90.9 Å². The van der Waals surface area contributed by atoms with Crippen LogP contribution in [0.3, 0.4) is 0 Å². The van der Waals surface area contributed by atoms with Crippen molar-refractivity contribution in [3.8, 4) is 6.07 Å². The van der Waals surface area contributed by atoms with Crippen LogP contribution in [0.2, 0.25) is 0 Å². The highest BCUT2D eigenvalue weighted by molar-refractivity contribution is 5.94. The van der Waals surface area contributed by atoms with Crippen molar-refractivity contribution in [1.29, 1.82) is 5.26 Å². The Kier molecular flexibility index (Phi) is 3.40. The molecule has 1 saturated heterocycles. The highest BCUT2D eigenvalue weighted by atomic mass is 16.3. The first-order chi connectivity index (χ1) is 11.7. The number of fused-ring (bicyclic) bond motifs is 1. The number of aliphatic hydroxyl groups is 1. The number of nitriles is 1. The van der Waals surface area contributed by atoms with E-state index in [-0.39, 0.29) is 0 Å². The van der Waals surface area contributed by atoms with Crippen molar-refractivity contribution < 1.29 is 5.11 Å². The number of hydrogen-bond acceptors (Lipinski definition) is 6. The van der Waals surface area contributed by atoms with Gasteiger partial charge in [0.05, 0.1) is 29.5 Å². The molecule has 0 radical (unpaired) electrons. The number of pyridine rings is 1. The van der Waals surface area contributed by atoms with Crippen molar-refractivity contribution in [3.63, 3.8) is 0 Å². The molecular formula is C17H16N6O. The van der Waals surface area contributed by atoms with Gasteiger partial charge < -0.3 is 10.0 Å². The summed E-state index contributed by atoms with van der Waals surface area (Å²) in [5, 5.41) is 29.0. The summed E-state index contributed by atoms with van der Waals surface area (Å²) in [6, 6.07) is 9.98. The van der Waals surface area contributed by atoms with Gasteiger partial charge in [-0.05, 0) is 12.5 Å². The van der Waals surface area contributed by atoms with E-state index in [4.69, 9.17) is 0 Å². The molecule has 0 saturated carbocycles. The molecular weight excluding hydrogens is 304 g/mol. The van der Waals surface area contributed by atoms with Gasteiger partial charge in [-0.25, -0.2) is 4.68 Å². The molecule has 1 aromatic carbocycles. The van der Waals surface area contributed by atoms with Crippen LogP contribution < -0.4 is 4.90 Å².